The summed E-state index contributed by atoms with van der Waals surface area (Å²) in [5.41, 5.74) is 1.03. The summed E-state index contributed by atoms with van der Waals surface area (Å²) in [4.78, 5) is 13.8. The molecular formula is C18H18Cl2FNO3S. The summed E-state index contributed by atoms with van der Waals surface area (Å²) in [5.74, 6) is -1.30. The normalized spacial score (nSPS) is 12.7. The van der Waals surface area contributed by atoms with Gasteiger partial charge in [0.05, 0.1) is 15.8 Å². The van der Waals surface area contributed by atoms with E-state index in [1.54, 1.807) is 12.1 Å². The molecule has 0 saturated heterocycles. The van der Waals surface area contributed by atoms with Gasteiger partial charge in [0.1, 0.15) is 11.1 Å². The van der Waals surface area contributed by atoms with Gasteiger partial charge >= 0.3 is 0 Å². The summed E-state index contributed by atoms with van der Waals surface area (Å²) >= 11 is 11.7. The van der Waals surface area contributed by atoms with Crippen LogP contribution >= 0.6 is 23.2 Å². The molecule has 0 saturated carbocycles. The summed E-state index contributed by atoms with van der Waals surface area (Å²) in [7, 11) is -2.27. The maximum Gasteiger partial charge on any atom is 0.240 e. The van der Waals surface area contributed by atoms with E-state index in [0.29, 0.717) is 16.1 Å². The van der Waals surface area contributed by atoms with Crippen LogP contribution in [-0.4, -0.2) is 31.5 Å². The molecule has 0 aromatic heterocycles. The van der Waals surface area contributed by atoms with Gasteiger partial charge in [-0.25, -0.2) is 12.8 Å². The molecule has 2 aromatic carbocycles. The van der Waals surface area contributed by atoms with Gasteiger partial charge in [-0.1, -0.05) is 41.4 Å². The highest BCUT2D eigenvalue weighted by molar-refractivity contribution is 7.92. The first-order chi connectivity index (χ1) is 12.1. The molecule has 0 fully saturated rings. The molecule has 0 N–H and O–H groups in total. The lowest BCUT2D eigenvalue weighted by atomic mass is 10.2. The van der Waals surface area contributed by atoms with Gasteiger partial charge in [-0.15, -0.1) is 0 Å². The van der Waals surface area contributed by atoms with E-state index in [0.717, 1.165) is 0 Å². The minimum absolute atomic E-state index is 0.114. The van der Waals surface area contributed by atoms with Crippen LogP contribution in [0.4, 0.5) is 4.39 Å². The van der Waals surface area contributed by atoms with Crippen molar-refractivity contribution in [2.75, 3.05) is 7.05 Å². The van der Waals surface area contributed by atoms with Gasteiger partial charge in [0.2, 0.25) is 5.91 Å². The standard InChI is InChI=1S/C18H18Cl2FNO3S/c1-12(18(23)22(2)10-13-4-3-5-15(21)8-13)26(24,25)11-14-6-7-16(19)17(20)9-14/h3-9,12H,10-11H2,1-2H3. The number of carbonyl (C=O) groups excluding carboxylic acids is 1. The number of amides is 1. The third-order valence-corrected chi connectivity index (χ3v) is 6.68. The molecule has 0 aliphatic carbocycles. The Balaban J connectivity index is 2.10. The van der Waals surface area contributed by atoms with Crippen LogP contribution in [0.25, 0.3) is 0 Å². The fraction of sp³-hybridized carbons (Fsp3) is 0.278. The van der Waals surface area contributed by atoms with Crippen LogP contribution < -0.4 is 0 Å². The lowest BCUT2D eigenvalue weighted by molar-refractivity contribution is -0.129. The first kappa shape index (κ1) is 20.7. The largest absolute Gasteiger partial charge is 0.340 e. The summed E-state index contributed by atoms with van der Waals surface area (Å²) in [6.07, 6.45) is 0. The van der Waals surface area contributed by atoms with Crippen molar-refractivity contribution in [2.24, 2.45) is 0 Å². The van der Waals surface area contributed by atoms with E-state index in [1.807, 2.05) is 0 Å². The number of rotatable bonds is 6. The fourth-order valence-corrected chi connectivity index (χ4v) is 4.14. The van der Waals surface area contributed by atoms with Crippen LogP contribution in [-0.2, 0) is 26.9 Å². The Morgan fingerprint density at radius 3 is 2.42 bits per heavy atom. The number of carbonyl (C=O) groups is 1. The molecule has 0 spiro atoms. The second kappa shape index (κ2) is 8.37. The minimum atomic E-state index is -3.75. The first-order valence-electron chi connectivity index (χ1n) is 7.75. The average Bonchev–Trinajstić information content (AvgIpc) is 2.56. The number of hydrogen-bond donors (Lipinski definition) is 0. The van der Waals surface area contributed by atoms with Gasteiger partial charge in [-0.05, 0) is 42.3 Å². The van der Waals surface area contributed by atoms with E-state index < -0.39 is 26.8 Å². The van der Waals surface area contributed by atoms with Crippen LogP contribution in [0, 0.1) is 5.82 Å². The highest BCUT2D eigenvalue weighted by Gasteiger charge is 2.30. The van der Waals surface area contributed by atoms with Crippen LogP contribution in [0.1, 0.15) is 18.1 Å². The molecule has 4 nitrogen and oxygen atoms in total. The zero-order chi connectivity index (χ0) is 19.5. The Labute approximate surface area is 162 Å². The van der Waals surface area contributed by atoms with Crippen LogP contribution in [0.2, 0.25) is 10.0 Å². The Morgan fingerprint density at radius 1 is 1.12 bits per heavy atom. The highest BCUT2D eigenvalue weighted by atomic mass is 35.5. The molecule has 26 heavy (non-hydrogen) atoms. The molecule has 0 aliphatic heterocycles. The van der Waals surface area contributed by atoms with Crippen molar-refractivity contribution < 1.29 is 17.6 Å². The molecule has 8 heteroatoms. The predicted molar refractivity (Wildman–Crippen MR) is 101 cm³/mol. The van der Waals surface area contributed by atoms with E-state index in [1.165, 1.54) is 49.2 Å². The monoisotopic (exact) mass is 417 g/mol. The van der Waals surface area contributed by atoms with Crippen molar-refractivity contribution in [2.45, 2.75) is 24.5 Å². The molecule has 1 unspecified atom stereocenters. The first-order valence-corrected chi connectivity index (χ1v) is 10.2. The average molecular weight is 418 g/mol. The van der Waals surface area contributed by atoms with Gasteiger partial charge in [0.25, 0.3) is 0 Å². The van der Waals surface area contributed by atoms with Crippen molar-refractivity contribution in [1.82, 2.24) is 4.90 Å². The van der Waals surface area contributed by atoms with E-state index in [2.05, 4.69) is 0 Å². The number of sulfone groups is 1. The Morgan fingerprint density at radius 2 is 1.81 bits per heavy atom. The molecule has 0 radical (unpaired) electrons. The fourth-order valence-electron chi connectivity index (χ4n) is 2.44. The van der Waals surface area contributed by atoms with E-state index in [-0.39, 0.29) is 17.3 Å². The zero-order valence-corrected chi connectivity index (χ0v) is 16.6. The maximum atomic E-state index is 13.3. The lowest BCUT2D eigenvalue weighted by Crippen LogP contribution is -2.39. The molecule has 1 atom stereocenters. The highest BCUT2D eigenvalue weighted by Crippen LogP contribution is 2.24. The van der Waals surface area contributed by atoms with Gasteiger partial charge in [-0.2, -0.15) is 0 Å². The number of nitrogens with zero attached hydrogens (tertiary/aromatic N) is 1. The van der Waals surface area contributed by atoms with Gasteiger partial charge < -0.3 is 4.90 Å². The second-order valence-electron chi connectivity index (χ2n) is 6.02. The summed E-state index contributed by atoms with van der Waals surface area (Å²) < 4.78 is 38.4. The van der Waals surface area contributed by atoms with Crippen molar-refractivity contribution in [3.63, 3.8) is 0 Å². The molecule has 0 heterocycles. The van der Waals surface area contributed by atoms with Crippen molar-refractivity contribution in [3.05, 3.63) is 69.5 Å². The molecule has 140 valence electrons. The molecule has 2 aromatic rings. The van der Waals surface area contributed by atoms with E-state index in [9.17, 15) is 17.6 Å². The molecular weight excluding hydrogens is 400 g/mol. The smallest absolute Gasteiger partial charge is 0.240 e. The number of halogens is 3. The Hall–Kier alpha value is -1.63. The summed E-state index contributed by atoms with van der Waals surface area (Å²) in [5, 5.41) is -0.663. The second-order valence-corrected chi connectivity index (χ2v) is 9.16. The van der Waals surface area contributed by atoms with Gasteiger partial charge in [-0.3, -0.25) is 4.79 Å². The van der Waals surface area contributed by atoms with Gasteiger partial charge in [0.15, 0.2) is 9.84 Å². The van der Waals surface area contributed by atoms with Crippen molar-refractivity contribution in [1.29, 1.82) is 0 Å². The van der Waals surface area contributed by atoms with Crippen LogP contribution in [0.15, 0.2) is 42.5 Å². The van der Waals surface area contributed by atoms with Crippen molar-refractivity contribution in [3.8, 4) is 0 Å². The van der Waals surface area contributed by atoms with Crippen LogP contribution in [0.3, 0.4) is 0 Å². The maximum absolute atomic E-state index is 13.3. The topological polar surface area (TPSA) is 54.5 Å². The summed E-state index contributed by atoms with van der Waals surface area (Å²) in [6.45, 7) is 1.46. The number of hydrogen-bond acceptors (Lipinski definition) is 3. The third kappa shape index (κ3) is 5.19. The molecule has 0 aliphatic rings. The van der Waals surface area contributed by atoms with Gasteiger partial charge in [0, 0.05) is 13.6 Å². The minimum Gasteiger partial charge on any atom is -0.340 e. The van der Waals surface area contributed by atoms with Crippen LogP contribution in [0.5, 0.6) is 0 Å². The zero-order valence-electron chi connectivity index (χ0n) is 14.2. The predicted octanol–water partition coefficient (Wildman–Crippen LogP) is 4.09. The summed E-state index contributed by atoms with van der Waals surface area (Å²) in [6, 6.07) is 10.3. The Bertz CT molecular complexity index is 918. The van der Waals surface area contributed by atoms with E-state index >= 15 is 0 Å². The Kier molecular flexibility index (Phi) is 6.66. The van der Waals surface area contributed by atoms with E-state index in [4.69, 9.17) is 23.2 Å². The molecule has 0 bridgehead atoms. The lowest BCUT2D eigenvalue weighted by Gasteiger charge is -2.22. The molecule has 2 rings (SSSR count). The SMILES string of the molecule is CC(C(=O)N(C)Cc1cccc(F)c1)S(=O)(=O)Cc1ccc(Cl)c(Cl)c1. The quantitative estimate of drug-likeness (QED) is 0.710. The molecule has 1 amide bonds. The van der Waals surface area contributed by atoms with Crippen molar-refractivity contribution >= 4 is 38.9 Å². The number of benzene rings is 2. The third-order valence-electron chi connectivity index (χ3n) is 3.92.